The van der Waals surface area contributed by atoms with Crippen LogP contribution in [0.3, 0.4) is 0 Å². The molecule has 1 unspecified atom stereocenters. The molecule has 1 aromatic heterocycles. The number of nitrogens with zero attached hydrogens (tertiary/aromatic N) is 2. The monoisotopic (exact) mass is 338 g/mol. The van der Waals surface area contributed by atoms with Gasteiger partial charge in [0, 0.05) is 6.07 Å². The highest BCUT2D eigenvalue weighted by atomic mass is 35.5. The number of rotatable bonds is 6. The smallest absolute Gasteiger partial charge is 0.344 e. The predicted octanol–water partition coefficient (Wildman–Crippen LogP) is 3.29. The Morgan fingerprint density at radius 3 is 2.52 bits per heavy atom. The summed E-state index contributed by atoms with van der Waals surface area (Å²) in [7, 11) is 0. The standard InChI is InChI=1S/C14H11ClN2O6/c1-8(14(18)19)22-10-2-4-11(5-3-10)23-13-12(17(20)21)6-9(15)7-16-13/h2-8H,1H3,(H,18,19). The van der Waals surface area contributed by atoms with E-state index in [-0.39, 0.29) is 22.3 Å². The fourth-order valence-electron chi connectivity index (χ4n) is 1.58. The molecule has 8 nitrogen and oxygen atoms in total. The molecule has 0 radical (unpaired) electrons. The third kappa shape index (κ3) is 4.30. The van der Waals surface area contributed by atoms with Gasteiger partial charge in [-0.15, -0.1) is 0 Å². The summed E-state index contributed by atoms with van der Waals surface area (Å²) in [5.41, 5.74) is -0.364. The SMILES string of the molecule is CC(Oc1ccc(Oc2ncc(Cl)cc2[N+](=O)[O-])cc1)C(=O)O. The molecule has 0 bridgehead atoms. The summed E-state index contributed by atoms with van der Waals surface area (Å²) in [6, 6.07) is 7.05. The van der Waals surface area contributed by atoms with E-state index >= 15 is 0 Å². The van der Waals surface area contributed by atoms with Crippen LogP contribution in [0.5, 0.6) is 17.4 Å². The molecule has 0 aliphatic heterocycles. The van der Waals surface area contributed by atoms with E-state index in [2.05, 4.69) is 4.98 Å². The Bertz CT molecular complexity index is 735. The molecular weight excluding hydrogens is 328 g/mol. The zero-order valence-electron chi connectivity index (χ0n) is 11.8. The molecule has 2 aromatic rings. The average molecular weight is 339 g/mol. The van der Waals surface area contributed by atoms with Crippen LogP contribution >= 0.6 is 11.6 Å². The molecule has 23 heavy (non-hydrogen) atoms. The van der Waals surface area contributed by atoms with Crippen molar-refractivity contribution >= 4 is 23.3 Å². The van der Waals surface area contributed by atoms with Crippen LogP contribution in [0.2, 0.25) is 5.02 Å². The van der Waals surface area contributed by atoms with E-state index in [1.807, 2.05) is 0 Å². The van der Waals surface area contributed by atoms with Crippen LogP contribution in [0.4, 0.5) is 5.69 Å². The molecular formula is C14H11ClN2O6. The van der Waals surface area contributed by atoms with Gasteiger partial charge in [0.1, 0.15) is 11.5 Å². The van der Waals surface area contributed by atoms with Gasteiger partial charge in [-0.05, 0) is 31.2 Å². The molecule has 1 aromatic carbocycles. The summed E-state index contributed by atoms with van der Waals surface area (Å²) < 4.78 is 10.5. The van der Waals surface area contributed by atoms with E-state index in [1.54, 1.807) is 0 Å². The van der Waals surface area contributed by atoms with Crippen molar-refractivity contribution in [3.8, 4) is 17.4 Å². The Kier molecular flexibility index (Phi) is 4.97. The third-order valence-electron chi connectivity index (χ3n) is 2.69. The summed E-state index contributed by atoms with van der Waals surface area (Å²) in [6.07, 6.45) is 0.233. The molecule has 0 amide bonds. The Morgan fingerprint density at radius 2 is 1.96 bits per heavy atom. The van der Waals surface area contributed by atoms with E-state index in [1.165, 1.54) is 37.4 Å². The first-order chi connectivity index (χ1) is 10.9. The fraction of sp³-hybridized carbons (Fsp3) is 0.143. The fourth-order valence-corrected chi connectivity index (χ4v) is 1.73. The molecule has 2 rings (SSSR count). The number of carboxylic acids is 1. The second-order valence-electron chi connectivity index (χ2n) is 4.41. The quantitative estimate of drug-likeness (QED) is 0.635. The van der Waals surface area contributed by atoms with Gasteiger partial charge in [-0.3, -0.25) is 10.1 Å². The summed E-state index contributed by atoms with van der Waals surface area (Å²) in [6.45, 7) is 1.40. The molecule has 1 atom stereocenters. The number of pyridine rings is 1. The van der Waals surface area contributed by atoms with Crippen molar-refractivity contribution in [1.29, 1.82) is 0 Å². The van der Waals surface area contributed by atoms with Crippen molar-refractivity contribution in [2.24, 2.45) is 0 Å². The Balaban J connectivity index is 2.15. The maximum Gasteiger partial charge on any atom is 0.344 e. The molecule has 1 N–H and O–H groups in total. The van der Waals surface area contributed by atoms with Gasteiger partial charge < -0.3 is 14.6 Å². The van der Waals surface area contributed by atoms with Gasteiger partial charge in [-0.1, -0.05) is 11.6 Å². The second kappa shape index (κ2) is 6.93. The zero-order chi connectivity index (χ0) is 17.0. The van der Waals surface area contributed by atoms with E-state index < -0.39 is 17.0 Å². The minimum absolute atomic E-state index is 0.121. The molecule has 9 heteroatoms. The van der Waals surface area contributed by atoms with Crippen molar-refractivity contribution in [3.63, 3.8) is 0 Å². The lowest BCUT2D eigenvalue weighted by molar-refractivity contribution is -0.386. The van der Waals surface area contributed by atoms with E-state index in [4.69, 9.17) is 26.2 Å². The number of nitro groups is 1. The highest BCUT2D eigenvalue weighted by Crippen LogP contribution is 2.31. The first-order valence-electron chi connectivity index (χ1n) is 6.34. The number of halogens is 1. The summed E-state index contributed by atoms with van der Waals surface area (Å²) >= 11 is 5.67. The van der Waals surface area contributed by atoms with Crippen LogP contribution in [0, 0.1) is 10.1 Å². The molecule has 0 saturated carbocycles. The third-order valence-corrected chi connectivity index (χ3v) is 2.90. The lowest BCUT2D eigenvalue weighted by Crippen LogP contribution is -2.22. The van der Waals surface area contributed by atoms with Crippen LogP contribution in [-0.4, -0.2) is 27.1 Å². The number of hydrogen-bond donors (Lipinski definition) is 1. The van der Waals surface area contributed by atoms with Crippen molar-refractivity contribution in [1.82, 2.24) is 4.98 Å². The first kappa shape index (κ1) is 16.5. The maximum absolute atomic E-state index is 11.0. The highest BCUT2D eigenvalue weighted by Gasteiger charge is 2.18. The van der Waals surface area contributed by atoms with Gasteiger partial charge in [-0.2, -0.15) is 0 Å². The minimum atomic E-state index is -1.09. The maximum atomic E-state index is 11.0. The Labute approximate surface area is 135 Å². The number of aliphatic carboxylic acids is 1. The molecule has 0 saturated heterocycles. The zero-order valence-corrected chi connectivity index (χ0v) is 12.6. The van der Waals surface area contributed by atoms with E-state index in [0.29, 0.717) is 5.75 Å². The summed E-state index contributed by atoms with van der Waals surface area (Å²) in [5.74, 6) is -0.692. The number of hydrogen-bond acceptors (Lipinski definition) is 6. The van der Waals surface area contributed by atoms with Crippen LogP contribution in [0.1, 0.15) is 6.92 Å². The van der Waals surface area contributed by atoms with Crippen molar-refractivity contribution in [2.75, 3.05) is 0 Å². The average Bonchev–Trinajstić information content (AvgIpc) is 2.50. The molecule has 1 heterocycles. The van der Waals surface area contributed by atoms with Gasteiger partial charge in [0.25, 0.3) is 5.88 Å². The largest absolute Gasteiger partial charge is 0.479 e. The topological polar surface area (TPSA) is 112 Å². The van der Waals surface area contributed by atoms with Crippen molar-refractivity contribution in [2.45, 2.75) is 13.0 Å². The number of aromatic nitrogens is 1. The molecule has 0 aliphatic rings. The second-order valence-corrected chi connectivity index (χ2v) is 4.84. The van der Waals surface area contributed by atoms with Crippen LogP contribution in [0.25, 0.3) is 0 Å². The summed E-state index contributed by atoms with van der Waals surface area (Å²) in [5, 5.41) is 19.8. The minimum Gasteiger partial charge on any atom is -0.479 e. The van der Waals surface area contributed by atoms with E-state index in [0.717, 1.165) is 6.07 Å². The van der Waals surface area contributed by atoms with Gasteiger partial charge in [0.05, 0.1) is 16.1 Å². The lowest BCUT2D eigenvalue weighted by atomic mass is 10.3. The molecule has 0 fully saturated rings. The molecule has 0 aliphatic carbocycles. The molecule has 120 valence electrons. The van der Waals surface area contributed by atoms with Crippen molar-refractivity contribution < 1.29 is 24.3 Å². The Hall–Kier alpha value is -2.87. The van der Waals surface area contributed by atoms with Gasteiger partial charge >= 0.3 is 11.7 Å². The number of benzene rings is 1. The van der Waals surface area contributed by atoms with Crippen LogP contribution in [0.15, 0.2) is 36.5 Å². The first-order valence-corrected chi connectivity index (χ1v) is 6.72. The highest BCUT2D eigenvalue weighted by molar-refractivity contribution is 6.30. The number of carboxylic acid groups (broad SMARTS) is 1. The normalized spacial score (nSPS) is 11.6. The van der Waals surface area contributed by atoms with Gasteiger partial charge in [0.2, 0.25) is 0 Å². The van der Waals surface area contributed by atoms with E-state index in [9.17, 15) is 14.9 Å². The predicted molar refractivity (Wildman–Crippen MR) is 80.1 cm³/mol. The summed E-state index contributed by atoms with van der Waals surface area (Å²) in [4.78, 5) is 24.8. The van der Waals surface area contributed by atoms with Gasteiger partial charge in [0.15, 0.2) is 6.10 Å². The van der Waals surface area contributed by atoms with Crippen molar-refractivity contribution in [3.05, 3.63) is 51.7 Å². The van der Waals surface area contributed by atoms with Crippen LogP contribution < -0.4 is 9.47 Å². The molecule has 0 spiro atoms. The lowest BCUT2D eigenvalue weighted by Gasteiger charge is -2.11. The number of carbonyl (C=O) groups is 1. The van der Waals surface area contributed by atoms with Gasteiger partial charge in [-0.25, -0.2) is 9.78 Å². The number of ether oxygens (including phenoxy) is 2. The Morgan fingerprint density at radius 1 is 1.35 bits per heavy atom. The van der Waals surface area contributed by atoms with Crippen LogP contribution in [-0.2, 0) is 4.79 Å².